The number of ether oxygens (including phenoxy) is 1. The molecule has 0 aliphatic carbocycles. The van der Waals surface area contributed by atoms with Crippen LogP contribution in [0.2, 0.25) is 0 Å². The molecule has 0 aliphatic rings. The zero-order valence-electron chi connectivity index (χ0n) is 11.6. The van der Waals surface area contributed by atoms with Crippen LogP contribution in [0.25, 0.3) is 0 Å². The van der Waals surface area contributed by atoms with Crippen molar-refractivity contribution in [3.63, 3.8) is 0 Å². The molecule has 1 rings (SSSR count). The summed E-state index contributed by atoms with van der Waals surface area (Å²) in [5.41, 5.74) is 1.23. The third kappa shape index (κ3) is 6.15. The average Bonchev–Trinajstić information content (AvgIpc) is 2.43. The first-order valence-electron chi connectivity index (χ1n) is 6.87. The Morgan fingerprint density at radius 2 is 1.78 bits per heavy atom. The molecule has 2 N–H and O–H groups in total. The molecular formula is C15H26N2O. The van der Waals surface area contributed by atoms with E-state index in [2.05, 4.69) is 41.8 Å². The number of benzene rings is 1. The molecule has 1 unspecified atom stereocenters. The first-order chi connectivity index (χ1) is 8.88. The minimum Gasteiger partial charge on any atom is -0.375 e. The molecule has 1 aromatic carbocycles. The van der Waals surface area contributed by atoms with E-state index in [1.165, 1.54) is 12.0 Å². The van der Waals surface area contributed by atoms with E-state index < -0.39 is 0 Å². The normalized spacial score (nSPS) is 12.6. The van der Waals surface area contributed by atoms with Gasteiger partial charge >= 0.3 is 0 Å². The monoisotopic (exact) mass is 250 g/mol. The van der Waals surface area contributed by atoms with Crippen LogP contribution in [0.3, 0.4) is 0 Å². The fraction of sp³-hybridized carbons (Fsp3) is 0.600. The maximum Gasteiger partial charge on any atom is 0.0945 e. The van der Waals surface area contributed by atoms with Crippen molar-refractivity contribution in [3.05, 3.63) is 35.9 Å². The van der Waals surface area contributed by atoms with Crippen LogP contribution in [0.15, 0.2) is 30.3 Å². The Kier molecular flexibility index (Phi) is 8.47. The van der Waals surface area contributed by atoms with Gasteiger partial charge in [0, 0.05) is 13.7 Å². The molecular weight excluding hydrogens is 224 g/mol. The molecule has 0 aliphatic heterocycles. The second-order valence-electron chi connectivity index (χ2n) is 4.44. The highest BCUT2D eigenvalue weighted by Crippen LogP contribution is 2.14. The molecule has 0 saturated carbocycles. The lowest BCUT2D eigenvalue weighted by atomic mass is 10.1. The van der Waals surface area contributed by atoms with Gasteiger partial charge in [-0.2, -0.15) is 0 Å². The molecule has 0 radical (unpaired) electrons. The van der Waals surface area contributed by atoms with E-state index in [4.69, 9.17) is 4.74 Å². The molecule has 1 aromatic rings. The summed E-state index contributed by atoms with van der Waals surface area (Å²) < 4.78 is 5.50. The average molecular weight is 250 g/mol. The first-order valence-corrected chi connectivity index (χ1v) is 6.87. The van der Waals surface area contributed by atoms with Gasteiger partial charge in [0.15, 0.2) is 0 Å². The van der Waals surface area contributed by atoms with Gasteiger partial charge in [-0.05, 0) is 38.0 Å². The summed E-state index contributed by atoms with van der Waals surface area (Å²) in [5.74, 6) is 0. The molecule has 18 heavy (non-hydrogen) atoms. The molecule has 0 bridgehead atoms. The van der Waals surface area contributed by atoms with E-state index >= 15 is 0 Å². The topological polar surface area (TPSA) is 33.3 Å². The summed E-state index contributed by atoms with van der Waals surface area (Å²) in [5, 5.41) is 6.84. The fourth-order valence-corrected chi connectivity index (χ4v) is 1.88. The minimum absolute atomic E-state index is 0.148. The summed E-state index contributed by atoms with van der Waals surface area (Å²) >= 11 is 0. The van der Waals surface area contributed by atoms with Crippen molar-refractivity contribution < 1.29 is 4.74 Å². The van der Waals surface area contributed by atoms with Gasteiger partial charge in [0.25, 0.3) is 0 Å². The summed E-state index contributed by atoms with van der Waals surface area (Å²) in [4.78, 5) is 0. The summed E-state index contributed by atoms with van der Waals surface area (Å²) in [6.45, 7) is 6.29. The van der Waals surface area contributed by atoms with E-state index in [-0.39, 0.29) is 6.10 Å². The van der Waals surface area contributed by atoms with E-state index in [9.17, 15) is 0 Å². The highest BCUT2D eigenvalue weighted by molar-refractivity contribution is 5.17. The standard InChI is InChI=1S/C15H26N2O/c1-3-10-16-11-7-12-17-13-15(18-2)14-8-5-4-6-9-14/h4-6,8-9,15-17H,3,7,10-13H2,1-2H3. The Balaban J connectivity index is 2.13. The van der Waals surface area contributed by atoms with Crippen LogP contribution in [0.1, 0.15) is 31.4 Å². The van der Waals surface area contributed by atoms with Crippen LogP contribution in [0.5, 0.6) is 0 Å². The molecule has 102 valence electrons. The van der Waals surface area contributed by atoms with Crippen molar-refractivity contribution in [3.8, 4) is 0 Å². The molecule has 1 atom stereocenters. The molecule has 0 fully saturated rings. The molecule has 0 amide bonds. The summed E-state index contributed by atoms with van der Waals surface area (Å²) in [6.07, 6.45) is 2.51. The molecule has 3 nitrogen and oxygen atoms in total. The number of rotatable bonds is 10. The van der Waals surface area contributed by atoms with Crippen molar-refractivity contribution in [1.82, 2.24) is 10.6 Å². The first kappa shape index (κ1) is 15.2. The largest absolute Gasteiger partial charge is 0.375 e. The molecule has 0 heterocycles. The second kappa shape index (κ2) is 10.1. The smallest absolute Gasteiger partial charge is 0.0945 e. The number of hydrogen-bond donors (Lipinski definition) is 2. The van der Waals surface area contributed by atoms with Crippen LogP contribution < -0.4 is 10.6 Å². The van der Waals surface area contributed by atoms with Gasteiger partial charge in [0.2, 0.25) is 0 Å². The Bertz CT molecular complexity index is 290. The molecule has 0 aromatic heterocycles. The van der Waals surface area contributed by atoms with Gasteiger partial charge < -0.3 is 15.4 Å². The second-order valence-corrected chi connectivity index (χ2v) is 4.44. The van der Waals surface area contributed by atoms with Gasteiger partial charge in [-0.25, -0.2) is 0 Å². The zero-order chi connectivity index (χ0) is 13.1. The highest BCUT2D eigenvalue weighted by atomic mass is 16.5. The number of nitrogens with one attached hydrogen (secondary N) is 2. The predicted molar refractivity (Wildman–Crippen MR) is 76.8 cm³/mol. The van der Waals surface area contributed by atoms with Crippen molar-refractivity contribution in [1.29, 1.82) is 0 Å². The Morgan fingerprint density at radius 3 is 2.44 bits per heavy atom. The van der Waals surface area contributed by atoms with Crippen molar-refractivity contribution in [2.45, 2.75) is 25.9 Å². The molecule has 3 heteroatoms. The van der Waals surface area contributed by atoms with Crippen LogP contribution in [-0.2, 0) is 4.74 Å². The predicted octanol–water partition coefficient (Wildman–Crippen LogP) is 2.35. The van der Waals surface area contributed by atoms with E-state index in [1.54, 1.807) is 7.11 Å². The summed E-state index contributed by atoms with van der Waals surface area (Å²) in [7, 11) is 1.77. The van der Waals surface area contributed by atoms with E-state index in [1.807, 2.05) is 6.07 Å². The Morgan fingerprint density at radius 1 is 1.06 bits per heavy atom. The van der Waals surface area contributed by atoms with E-state index in [0.717, 1.165) is 32.6 Å². The van der Waals surface area contributed by atoms with Crippen LogP contribution in [0, 0.1) is 0 Å². The lowest BCUT2D eigenvalue weighted by Crippen LogP contribution is -2.26. The van der Waals surface area contributed by atoms with Gasteiger partial charge in [0.05, 0.1) is 6.10 Å². The summed E-state index contributed by atoms with van der Waals surface area (Å²) in [6, 6.07) is 10.4. The quantitative estimate of drug-likeness (QED) is 0.625. The third-order valence-corrected chi connectivity index (χ3v) is 2.92. The van der Waals surface area contributed by atoms with Crippen molar-refractivity contribution in [2.24, 2.45) is 0 Å². The molecule has 0 saturated heterocycles. The van der Waals surface area contributed by atoms with Gasteiger partial charge in [-0.3, -0.25) is 0 Å². The van der Waals surface area contributed by atoms with E-state index in [0.29, 0.717) is 0 Å². The van der Waals surface area contributed by atoms with Crippen molar-refractivity contribution >= 4 is 0 Å². The Hall–Kier alpha value is -0.900. The van der Waals surface area contributed by atoms with Gasteiger partial charge in [0.1, 0.15) is 0 Å². The number of hydrogen-bond acceptors (Lipinski definition) is 3. The van der Waals surface area contributed by atoms with Gasteiger partial charge in [-0.15, -0.1) is 0 Å². The molecule has 0 spiro atoms. The third-order valence-electron chi connectivity index (χ3n) is 2.92. The van der Waals surface area contributed by atoms with Crippen LogP contribution in [-0.4, -0.2) is 33.3 Å². The lowest BCUT2D eigenvalue weighted by molar-refractivity contribution is 0.102. The fourth-order valence-electron chi connectivity index (χ4n) is 1.88. The maximum absolute atomic E-state index is 5.50. The van der Waals surface area contributed by atoms with Crippen molar-refractivity contribution in [2.75, 3.05) is 33.3 Å². The minimum atomic E-state index is 0.148. The van der Waals surface area contributed by atoms with Crippen LogP contribution >= 0.6 is 0 Å². The zero-order valence-corrected chi connectivity index (χ0v) is 11.6. The maximum atomic E-state index is 5.50. The lowest BCUT2D eigenvalue weighted by Gasteiger charge is -2.16. The number of methoxy groups -OCH3 is 1. The Labute approximate surface area is 111 Å². The SMILES string of the molecule is CCCNCCCNCC(OC)c1ccccc1. The van der Waals surface area contributed by atoms with Crippen LogP contribution in [0.4, 0.5) is 0 Å². The highest BCUT2D eigenvalue weighted by Gasteiger charge is 2.08. The van der Waals surface area contributed by atoms with Gasteiger partial charge in [-0.1, -0.05) is 37.3 Å².